The van der Waals surface area contributed by atoms with Crippen LogP contribution < -0.4 is 11.1 Å². The third-order valence-electron chi connectivity index (χ3n) is 7.99. The van der Waals surface area contributed by atoms with Gasteiger partial charge >= 0.3 is 0 Å². The number of nitrogens with one attached hydrogen (secondary N) is 1. The Labute approximate surface area is 234 Å². The van der Waals surface area contributed by atoms with Crippen molar-refractivity contribution in [2.24, 2.45) is 10.7 Å². The second-order valence-corrected chi connectivity index (χ2v) is 11.0. The minimum atomic E-state index is -0.223. The molecule has 3 N–H and O–H groups in total. The van der Waals surface area contributed by atoms with E-state index in [2.05, 4.69) is 71.2 Å². The largest absolute Gasteiger partial charge is 0.364 e. The van der Waals surface area contributed by atoms with E-state index in [0.29, 0.717) is 0 Å². The fourth-order valence-electron chi connectivity index (χ4n) is 5.67. The van der Waals surface area contributed by atoms with Gasteiger partial charge in [0.25, 0.3) is 0 Å². The van der Waals surface area contributed by atoms with Crippen molar-refractivity contribution in [1.29, 1.82) is 0 Å². The molecule has 0 saturated carbocycles. The van der Waals surface area contributed by atoms with Crippen LogP contribution in [0.15, 0.2) is 65.7 Å². The van der Waals surface area contributed by atoms with E-state index in [1.807, 2.05) is 13.1 Å². The first-order valence-electron chi connectivity index (χ1n) is 14.3. The van der Waals surface area contributed by atoms with Crippen molar-refractivity contribution in [3.63, 3.8) is 0 Å². The Balaban J connectivity index is 1.62. The molecule has 3 aliphatic heterocycles. The molecule has 0 aromatic heterocycles. The van der Waals surface area contributed by atoms with Crippen LogP contribution >= 0.6 is 0 Å². The lowest BCUT2D eigenvalue weighted by molar-refractivity contribution is 0.247. The summed E-state index contributed by atoms with van der Waals surface area (Å²) >= 11 is 0. The van der Waals surface area contributed by atoms with E-state index in [0.717, 1.165) is 105 Å². The molecule has 0 radical (unpaired) electrons. The van der Waals surface area contributed by atoms with Crippen LogP contribution in [0.4, 0.5) is 4.39 Å². The van der Waals surface area contributed by atoms with Crippen LogP contribution in [-0.2, 0) is 6.42 Å². The molecule has 1 aromatic carbocycles. The third-order valence-corrected chi connectivity index (χ3v) is 7.99. The number of likely N-dealkylation sites (N-methyl/N-ethyl adjacent to an activating group) is 2. The molecule has 7 nitrogen and oxygen atoms in total. The summed E-state index contributed by atoms with van der Waals surface area (Å²) in [4.78, 5) is 14.0. The average Bonchev–Trinajstić information content (AvgIpc) is 2.91. The first-order chi connectivity index (χ1) is 18.7. The zero-order chi connectivity index (χ0) is 28.1. The van der Waals surface area contributed by atoms with Gasteiger partial charge in [-0.3, -0.25) is 0 Å². The lowest BCUT2D eigenvalue weighted by atomic mass is 9.92. The predicted octanol–water partition coefficient (Wildman–Crippen LogP) is 3.98. The zero-order valence-electron chi connectivity index (χ0n) is 24.2. The fourth-order valence-corrected chi connectivity index (χ4v) is 5.67. The standard InChI is InChI=1S/C31H46FN7/c1-7-10-24-12-13-25(32)18-27(24)23(3)39-15-9-8-11-28(39)22(2)17-29-35-30(38-20-26(33)21-38)19-31(37(29)6)36(5)16-14-34-4/h12-13,17-19,26,28,34H,2-3,7-11,14-16,20-21,33H2,1,4-6H3/b29-17-. The maximum atomic E-state index is 14.3. The van der Waals surface area contributed by atoms with Gasteiger partial charge in [0.1, 0.15) is 23.3 Å². The summed E-state index contributed by atoms with van der Waals surface area (Å²) in [6.07, 6.45) is 9.35. The zero-order valence-corrected chi connectivity index (χ0v) is 24.2. The highest BCUT2D eigenvalue weighted by Crippen LogP contribution is 2.34. The van der Waals surface area contributed by atoms with Crippen molar-refractivity contribution in [2.75, 3.05) is 53.9 Å². The Morgan fingerprint density at radius 1 is 1.28 bits per heavy atom. The number of halogens is 1. The number of nitrogens with two attached hydrogens (primary N) is 1. The second kappa shape index (κ2) is 12.8. The summed E-state index contributed by atoms with van der Waals surface area (Å²) in [5.74, 6) is 2.66. The van der Waals surface area contributed by atoms with Crippen molar-refractivity contribution < 1.29 is 4.39 Å². The molecule has 1 atom stereocenters. The second-order valence-electron chi connectivity index (χ2n) is 11.0. The number of amidine groups is 1. The van der Waals surface area contributed by atoms with Crippen LogP contribution in [0.1, 0.15) is 43.7 Å². The smallest absolute Gasteiger partial charge is 0.136 e. The molecule has 1 unspecified atom stereocenters. The molecular weight excluding hydrogens is 489 g/mol. The molecular formula is C31H46FN7. The van der Waals surface area contributed by atoms with Gasteiger partial charge in [0.2, 0.25) is 0 Å². The molecule has 0 bridgehead atoms. The maximum Gasteiger partial charge on any atom is 0.136 e. The van der Waals surface area contributed by atoms with E-state index < -0.39 is 0 Å². The van der Waals surface area contributed by atoms with Gasteiger partial charge in [-0.1, -0.05) is 32.6 Å². The SMILES string of the molecule is C=C(/C=C1/N=C(N2CC(N)C2)C=C(N(C)CCNC)N1C)C1CCCCN1C(=C)c1cc(F)ccc1CCC. The average molecular weight is 536 g/mol. The number of aryl methyl sites for hydroxylation is 1. The Hall–Kier alpha value is -3.10. The number of piperidine rings is 1. The number of hydrogen-bond donors (Lipinski definition) is 2. The Kier molecular flexibility index (Phi) is 9.51. The summed E-state index contributed by atoms with van der Waals surface area (Å²) in [6, 6.07) is 5.37. The Morgan fingerprint density at radius 2 is 2.05 bits per heavy atom. The highest BCUT2D eigenvalue weighted by atomic mass is 19.1. The molecule has 0 spiro atoms. The van der Waals surface area contributed by atoms with Gasteiger partial charge < -0.3 is 30.7 Å². The van der Waals surface area contributed by atoms with E-state index >= 15 is 0 Å². The van der Waals surface area contributed by atoms with E-state index in [1.165, 1.54) is 0 Å². The summed E-state index contributed by atoms with van der Waals surface area (Å²) in [5, 5.41) is 3.23. The minimum Gasteiger partial charge on any atom is -0.364 e. The van der Waals surface area contributed by atoms with E-state index in [4.69, 9.17) is 10.7 Å². The van der Waals surface area contributed by atoms with Crippen molar-refractivity contribution in [3.05, 3.63) is 77.7 Å². The summed E-state index contributed by atoms with van der Waals surface area (Å²) in [6.45, 7) is 15.4. The van der Waals surface area contributed by atoms with Gasteiger partial charge in [-0.25, -0.2) is 9.38 Å². The van der Waals surface area contributed by atoms with Crippen molar-refractivity contribution >= 4 is 11.5 Å². The highest BCUT2D eigenvalue weighted by Gasteiger charge is 2.31. The lowest BCUT2D eigenvalue weighted by Crippen LogP contribution is -2.58. The van der Waals surface area contributed by atoms with Crippen LogP contribution in [0.3, 0.4) is 0 Å². The number of rotatable bonds is 10. The molecule has 2 fully saturated rings. The molecule has 4 rings (SSSR count). The number of hydrogen-bond acceptors (Lipinski definition) is 7. The first kappa shape index (κ1) is 28.9. The molecule has 1 aromatic rings. The molecule has 3 heterocycles. The van der Waals surface area contributed by atoms with Crippen LogP contribution in [0, 0.1) is 5.82 Å². The predicted molar refractivity (Wildman–Crippen MR) is 160 cm³/mol. The topological polar surface area (TPSA) is 63.4 Å². The number of likely N-dealkylation sites (tertiary alicyclic amines) is 2. The Bertz CT molecular complexity index is 1150. The molecule has 8 heteroatoms. The minimum absolute atomic E-state index is 0.0809. The molecule has 39 heavy (non-hydrogen) atoms. The van der Waals surface area contributed by atoms with E-state index in [-0.39, 0.29) is 17.9 Å². The number of nitrogens with zero attached hydrogens (tertiary/aromatic N) is 5. The molecule has 212 valence electrons. The van der Waals surface area contributed by atoms with Gasteiger partial charge in [0, 0.05) is 70.2 Å². The first-order valence-corrected chi connectivity index (χ1v) is 14.3. The van der Waals surface area contributed by atoms with E-state index in [9.17, 15) is 4.39 Å². The lowest BCUT2D eigenvalue weighted by Gasteiger charge is -2.42. The third kappa shape index (κ3) is 6.56. The number of benzene rings is 1. The number of aliphatic imine (C=N–C) groups is 1. The summed E-state index contributed by atoms with van der Waals surface area (Å²) in [5.41, 5.74) is 10.0. The quantitative estimate of drug-likeness (QED) is 0.473. The molecule has 0 amide bonds. The highest BCUT2D eigenvalue weighted by molar-refractivity contribution is 5.95. The molecule has 2 saturated heterocycles. The fraction of sp³-hybridized carbons (Fsp3) is 0.516. The maximum absolute atomic E-state index is 14.3. The monoisotopic (exact) mass is 535 g/mol. The molecule has 3 aliphatic rings. The van der Waals surface area contributed by atoms with Crippen LogP contribution in [0.2, 0.25) is 0 Å². The van der Waals surface area contributed by atoms with Gasteiger partial charge in [0.15, 0.2) is 0 Å². The van der Waals surface area contributed by atoms with Crippen molar-refractivity contribution in [1.82, 2.24) is 24.9 Å². The van der Waals surface area contributed by atoms with E-state index in [1.54, 1.807) is 12.1 Å². The van der Waals surface area contributed by atoms with Gasteiger partial charge in [-0.05, 0) is 62.1 Å². The van der Waals surface area contributed by atoms with Gasteiger partial charge in [0.05, 0.1) is 6.04 Å². The van der Waals surface area contributed by atoms with Crippen molar-refractivity contribution in [2.45, 2.75) is 51.1 Å². The summed E-state index contributed by atoms with van der Waals surface area (Å²) < 4.78 is 14.3. The molecule has 0 aliphatic carbocycles. The van der Waals surface area contributed by atoms with Crippen LogP contribution in [0.25, 0.3) is 5.70 Å². The van der Waals surface area contributed by atoms with Crippen LogP contribution in [-0.4, -0.2) is 91.4 Å². The van der Waals surface area contributed by atoms with Gasteiger partial charge in [-0.15, -0.1) is 0 Å². The van der Waals surface area contributed by atoms with Gasteiger partial charge in [-0.2, -0.15) is 0 Å². The van der Waals surface area contributed by atoms with Crippen molar-refractivity contribution in [3.8, 4) is 0 Å². The summed E-state index contributed by atoms with van der Waals surface area (Å²) in [7, 11) is 6.14. The Morgan fingerprint density at radius 3 is 2.74 bits per heavy atom. The normalized spacial score (nSPS) is 21.0. The van der Waals surface area contributed by atoms with Crippen LogP contribution in [0.5, 0.6) is 0 Å².